The molecule has 1 N–H and O–H groups in total. The van der Waals surface area contributed by atoms with E-state index in [-0.39, 0.29) is 44.4 Å². The van der Waals surface area contributed by atoms with Gasteiger partial charge in [0.25, 0.3) is 0 Å². The first-order valence-electron chi connectivity index (χ1n) is 11.4. The largest absolute Gasteiger partial charge is 0.496 e. The van der Waals surface area contributed by atoms with Crippen molar-refractivity contribution in [3.8, 4) is 5.75 Å². The van der Waals surface area contributed by atoms with Crippen molar-refractivity contribution >= 4 is 17.7 Å². The Labute approximate surface area is 200 Å². The second-order valence-corrected chi connectivity index (χ2v) is 8.36. The van der Waals surface area contributed by atoms with Crippen LogP contribution in [0.1, 0.15) is 30.4 Å². The minimum absolute atomic E-state index is 0.120. The predicted octanol–water partition coefficient (Wildman–Crippen LogP) is 2.14. The first-order chi connectivity index (χ1) is 16.5. The van der Waals surface area contributed by atoms with Crippen LogP contribution in [0.5, 0.6) is 5.75 Å². The average Bonchev–Trinajstić information content (AvgIpc) is 3.09. The lowest BCUT2D eigenvalue weighted by Crippen LogP contribution is -2.44. The van der Waals surface area contributed by atoms with Gasteiger partial charge in [0.05, 0.1) is 19.1 Å². The van der Waals surface area contributed by atoms with Crippen molar-refractivity contribution in [2.75, 3.05) is 40.5 Å². The molecule has 0 aromatic heterocycles. The standard InChI is InChI=1S/C26H32N2O6/c1-33-16-8-13-28-24(31)18-26(25(28)32,21-11-6-7-12-22(21)34-2)17-23(30)27(14-15-29)19-20-9-4-3-5-10-20/h3-7,9-12,29H,8,13-19H2,1-2H3/t26-/m1/s1. The lowest BCUT2D eigenvalue weighted by Gasteiger charge is -2.31. The van der Waals surface area contributed by atoms with Crippen molar-refractivity contribution in [3.05, 3.63) is 65.7 Å². The van der Waals surface area contributed by atoms with E-state index in [0.29, 0.717) is 30.9 Å². The molecule has 0 radical (unpaired) electrons. The molecule has 1 fully saturated rings. The van der Waals surface area contributed by atoms with Crippen LogP contribution in [0.3, 0.4) is 0 Å². The van der Waals surface area contributed by atoms with Gasteiger partial charge in [-0.1, -0.05) is 48.5 Å². The first-order valence-corrected chi connectivity index (χ1v) is 11.4. The van der Waals surface area contributed by atoms with Gasteiger partial charge in [-0.3, -0.25) is 19.3 Å². The Morgan fingerprint density at radius 3 is 2.47 bits per heavy atom. The normalized spacial score (nSPS) is 17.8. The van der Waals surface area contributed by atoms with Gasteiger partial charge in [-0.05, 0) is 18.1 Å². The van der Waals surface area contributed by atoms with Crippen LogP contribution in [0.4, 0.5) is 0 Å². The van der Waals surface area contributed by atoms with Gasteiger partial charge in [0, 0.05) is 51.8 Å². The molecule has 1 atom stereocenters. The first kappa shape index (κ1) is 25.4. The molecule has 1 aliphatic heterocycles. The highest BCUT2D eigenvalue weighted by molar-refractivity contribution is 6.11. The van der Waals surface area contributed by atoms with Crippen molar-refractivity contribution in [2.45, 2.75) is 31.2 Å². The van der Waals surface area contributed by atoms with E-state index in [2.05, 4.69) is 0 Å². The molecule has 0 bridgehead atoms. The summed E-state index contributed by atoms with van der Waals surface area (Å²) in [4.78, 5) is 43.1. The Morgan fingerprint density at radius 2 is 1.79 bits per heavy atom. The Hall–Kier alpha value is -3.23. The Bertz CT molecular complexity index is 996. The molecule has 1 saturated heterocycles. The molecule has 3 rings (SSSR count). The maximum atomic E-state index is 13.8. The Morgan fingerprint density at radius 1 is 1.09 bits per heavy atom. The van der Waals surface area contributed by atoms with Gasteiger partial charge in [-0.25, -0.2) is 0 Å². The minimum atomic E-state index is -1.38. The number of ether oxygens (including phenoxy) is 2. The number of carbonyl (C=O) groups is 3. The van der Waals surface area contributed by atoms with Crippen LogP contribution < -0.4 is 4.74 Å². The molecule has 34 heavy (non-hydrogen) atoms. The van der Waals surface area contributed by atoms with E-state index in [4.69, 9.17) is 9.47 Å². The third-order valence-electron chi connectivity index (χ3n) is 6.15. The number of methoxy groups -OCH3 is 2. The summed E-state index contributed by atoms with van der Waals surface area (Å²) in [5.41, 5.74) is 0.0471. The van der Waals surface area contributed by atoms with E-state index in [9.17, 15) is 19.5 Å². The number of aliphatic hydroxyl groups is 1. The molecule has 2 aromatic rings. The Balaban J connectivity index is 1.96. The highest BCUT2D eigenvalue weighted by Crippen LogP contribution is 2.44. The molecule has 182 valence electrons. The number of rotatable bonds is 12. The summed E-state index contributed by atoms with van der Waals surface area (Å²) in [6.07, 6.45) is 0.184. The van der Waals surface area contributed by atoms with Crippen LogP contribution in [0.25, 0.3) is 0 Å². The van der Waals surface area contributed by atoms with Crippen molar-refractivity contribution in [1.29, 1.82) is 0 Å². The van der Waals surface area contributed by atoms with E-state index in [1.165, 1.54) is 16.9 Å². The van der Waals surface area contributed by atoms with Crippen LogP contribution >= 0.6 is 0 Å². The second kappa shape index (κ2) is 11.8. The molecule has 8 heteroatoms. The maximum Gasteiger partial charge on any atom is 0.241 e. The number of hydrogen-bond acceptors (Lipinski definition) is 6. The summed E-state index contributed by atoms with van der Waals surface area (Å²) in [6, 6.07) is 16.5. The highest BCUT2D eigenvalue weighted by Gasteiger charge is 2.55. The predicted molar refractivity (Wildman–Crippen MR) is 126 cm³/mol. The maximum absolute atomic E-state index is 13.8. The molecular formula is C26H32N2O6. The number of aliphatic hydroxyl groups excluding tert-OH is 1. The van der Waals surface area contributed by atoms with E-state index in [1.807, 2.05) is 30.3 Å². The number of amides is 3. The van der Waals surface area contributed by atoms with E-state index >= 15 is 0 Å². The molecule has 3 amide bonds. The fourth-order valence-electron chi connectivity index (χ4n) is 4.46. The number of likely N-dealkylation sites (tertiary alicyclic amines) is 1. The number of benzene rings is 2. The van der Waals surface area contributed by atoms with Gasteiger partial charge < -0.3 is 19.5 Å². The molecule has 0 unspecified atom stereocenters. The van der Waals surface area contributed by atoms with Crippen LogP contribution in [0.15, 0.2) is 54.6 Å². The van der Waals surface area contributed by atoms with E-state index in [0.717, 1.165) is 5.56 Å². The quantitative estimate of drug-likeness (QED) is 0.379. The summed E-state index contributed by atoms with van der Waals surface area (Å²) in [6.45, 7) is 0.841. The molecule has 8 nitrogen and oxygen atoms in total. The fourth-order valence-corrected chi connectivity index (χ4v) is 4.46. The van der Waals surface area contributed by atoms with Gasteiger partial charge in [0.2, 0.25) is 17.7 Å². The number of imide groups is 1. The van der Waals surface area contributed by atoms with E-state index in [1.54, 1.807) is 31.4 Å². The van der Waals surface area contributed by atoms with Crippen molar-refractivity contribution in [3.63, 3.8) is 0 Å². The zero-order valence-corrected chi connectivity index (χ0v) is 19.7. The summed E-state index contributed by atoms with van der Waals surface area (Å²) in [5, 5.41) is 9.59. The van der Waals surface area contributed by atoms with Crippen LogP contribution in [0.2, 0.25) is 0 Å². The fraction of sp³-hybridized carbons (Fsp3) is 0.423. The van der Waals surface area contributed by atoms with Gasteiger partial charge in [-0.2, -0.15) is 0 Å². The van der Waals surface area contributed by atoms with Gasteiger partial charge in [-0.15, -0.1) is 0 Å². The summed E-state index contributed by atoms with van der Waals surface area (Å²) < 4.78 is 10.6. The monoisotopic (exact) mass is 468 g/mol. The number of para-hydroxylation sites is 1. The third-order valence-corrected chi connectivity index (χ3v) is 6.15. The van der Waals surface area contributed by atoms with Crippen molar-refractivity contribution < 1.29 is 29.0 Å². The smallest absolute Gasteiger partial charge is 0.241 e. The average molecular weight is 469 g/mol. The second-order valence-electron chi connectivity index (χ2n) is 8.36. The molecule has 0 aliphatic carbocycles. The molecule has 0 spiro atoms. The zero-order chi connectivity index (χ0) is 24.6. The van der Waals surface area contributed by atoms with E-state index < -0.39 is 11.3 Å². The van der Waals surface area contributed by atoms with Crippen LogP contribution in [-0.4, -0.2) is 73.2 Å². The van der Waals surface area contributed by atoms with Gasteiger partial charge >= 0.3 is 0 Å². The SMILES string of the molecule is COCCCN1C(=O)C[C@](CC(=O)N(CCO)Cc2ccccc2)(c2ccccc2OC)C1=O. The molecule has 1 aliphatic rings. The van der Waals surface area contributed by atoms with Gasteiger partial charge in [0.15, 0.2) is 0 Å². The third kappa shape index (κ3) is 5.46. The van der Waals surface area contributed by atoms with Crippen LogP contribution in [-0.2, 0) is 31.1 Å². The lowest BCUT2D eigenvalue weighted by atomic mass is 9.75. The molecule has 2 aromatic carbocycles. The number of carbonyl (C=O) groups excluding carboxylic acids is 3. The zero-order valence-electron chi connectivity index (χ0n) is 19.7. The summed E-state index contributed by atoms with van der Waals surface area (Å²) in [5.74, 6) is -0.595. The number of hydrogen-bond donors (Lipinski definition) is 1. The molecule has 0 saturated carbocycles. The number of nitrogens with zero attached hydrogens (tertiary/aromatic N) is 2. The lowest BCUT2D eigenvalue weighted by molar-refractivity contribution is -0.143. The Kier molecular flexibility index (Phi) is 8.79. The van der Waals surface area contributed by atoms with Crippen molar-refractivity contribution in [2.24, 2.45) is 0 Å². The highest BCUT2D eigenvalue weighted by atomic mass is 16.5. The van der Waals surface area contributed by atoms with Crippen LogP contribution in [0, 0.1) is 0 Å². The molecular weight excluding hydrogens is 436 g/mol. The van der Waals surface area contributed by atoms with Crippen molar-refractivity contribution in [1.82, 2.24) is 9.80 Å². The summed E-state index contributed by atoms with van der Waals surface area (Å²) >= 11 is 0. The minimum Gasteiger partial charge on any atom is -0.496 e. The van der Waals surface area contributed by atoms with Gasteiger partial charge in [0.1, 0.15) is 5.75 Å². The topological polar surface area (TPSA) is 96.4 Å². The summed E-state index contributed by atoms with van der Waals surface area (Å²) in [7, 11) is 3.06. The molecule has 1 heterocycles.